The lowest BCUT2D eigenvalue weighted by Gasteiger charge is -2.36. The fourth-order valence-electron chi connectivity index (χ4n) is 4.24. The van der Waals surface area contributed by atoms with Gasteiger partial charge in [-0.25, -0.2) is 4.98 Å². The van der Waals surface area contributed by atoms with Gasteiger partial charge in [-0.1, -0.05) is 18.2 Å². The minimum absolute atomic E-state index is 0.150. The second-order valence-electron chi connectivity index (χ2n) is 7.90. The number of hydrogen-bond donors (Lipinski definition) is 0. The molecule has 1 aromatic heterocycles. The monoisotopic (exact) mass is 406 g/mol. The highest BCUT2D eigenvalue weighted by atomic mass is 16.6. The standard InChI is InChI=1S/C23H26N4O3/c1-17(27-16-24-19-4-2-3-5-20(19)27)23(28)26-10-8-25(9-11-26)15-18-6-7-21-22(14-18)30-13-12-29-21/h2-7,14,16-17H,8-13,15H2,1H3/t17-/m1/s1. The molecule has 0 radical (unpaired) electrons. The van der Waals surface area contributed by atoms with Gasteiger partial charge in [0, 0.05) is 32.7 Å². The fourth-order valence-corrected chi connectivity index (χ4v) is 4.24. The van der Waals surface area contributed by atoms with E-state index >= 15 is 0 Å². The van der Waals surface area contributed by atoms with E-state index in [9.17, 15) is 4.79 Å². The second kappa shape index (κ2) is 7.99. The lowest BCUT2D eigenvalue weighted by molar-refractivity contribution is -0.136. The predicted octanol–water partition coefficient (Wildman–Crippen LogP) is 2.71. The Balaban J connectivity index is 1.20. The van der Waals surface area contributed by atoms with Crippen molar-refractivity contribution in [2.45, 2.75) is 19.5 Å². The first-order valence-corrected chi connectivity index (χ1v) is 10.5. The van der Waals surface area contributed by atoms with Gasteiger partial charge in [0.25, 0.3) is 0 Å². The Morgan fingerprint density at radius 1 is 1.03 bits per heavy atom. The topological polar surface area (TPSA) is 59.8 Å². The van der Waals surface area contributed by atoms with Gasteiger partial charge < -0.3 is 18.9 Å². The summed E-state index contributed by atoms with van der Waals surface area (Å²) in [5.74, 6) is 1.80. The molecule has 0 unspecified atom stereocenters. The molecule has 2 aliphatic heterocycles. The van der Waals surface area contributed by atoms with Gasteiger partial charge in [-0.3, -0.25) is 9.69 Å². The minimum Gasteiger partial charge on any atom is -0.486 e. The minimum atomic E-state index is -0.262. The third-order valence-corrected chi connectivity index (χ3v) is 5.95. The molecule has 1 atom stereocenters. The first-order chi connectivity index (χ1) is 14.7. The Hall–Kier alpha value is -3.06. The van der Waals surface area contributed by atoms with Gasteiger partial charge in [-0.05, 0) is 36.8 Å². The van der Waals surface area contributed by atoms with Gasteiger partial charge in [-0.15, -0.1) is 0 Å². The molecule has 0 aliphatic carbocycles. The van der Waals surface area contributed by atoms with Crippen molar-refractivity contribution in [2.24, 2.45) is 0 Å². The molecule has 1 saturated heterocycles. The Morgan fingerprint density at radius 2 is 1.80 bits per heavy atom. The molecule has 3 aromatic rings. The summed E-state index contributed by atoms with van der Waals surface area (Å²) in [6.45, 7) is 7.20. The molecule has 1 amide bonds. The summed E-state index contributed by atoms with van der Waals surface area (Å²) in [6.07, 6.45) is 1.77. The van der Waals surface area contributed by atoms with E-state index in [1.165, 1.54) is 5.56 Å². The van der Waals surface area contributed by atoms with E-state index in [-0.39, 0.29) is 11.9 Å². The molecular formula is C23H26N4O3. The SMILES string of the molecule is C[C@H](C(=O)N1CCN(Cc2ccc3c(c2)OCCO3)CC1)n1cnc2ccccc21. The van der Waals surface area contributed by atoms with Gasteiger partial charge in [0.15, 0.2) is 11.5 Å². The summed E-state index contributed by atoms with van der Waals surface area (Å²) in [7, 11) is 0. The van der Waals surface area contributed by atoms with E-state index in [0.29, 0.717) is 13.2 Å². The number of rotatable bonds is 4. The predicted molar refractivity (Wildman–Crippen MR) is 114 cm³/mol. The molecule has 2 aromatic carbocycles. The molecule has 7 heteroatoms. The Labute approximate surface area is 175 Å². The normalized spacial score (nSPS) is 17.8. The maximum Gasteiger partial charge on any atom is 0.245 e. The van der Waals surface area contributed by atoms with Crippen LogP contribution in [0.25, 0.3) is 11.0 Å². The van der Waals surface area contributed by atoms with Crippen LogP contribution < -0.4 is 9.47 Å². The van der Waals surface area contributed by atoms with Crippen LogP contribution in [0.2, 0.25) is 0 Å². The van der Waals surface area contributed by atoms with Crippen LogP contribution in [-0.2, 0) is 11.3 Å². The summed E-state index contributed by atoms with van der Waals surface area (Å²) in [5.41, 5.74) is 3.12. The van der Waals surface area contributed by atoms with Crippen molar-refractivity contribution in [3.8, 4) is 11.5 Å². The second-order valence-corrected chi connectivity index (χ2v) is 7.90. The highest BCUT2D eigenvalue weighted by molar-refractivity contribution is 5.83. The summed E-state index contributed by atoms with van der Waals surface area (Å²) in [5, 5.41) is 0. The Bertz CT molecular complexity index is 1060. The molecule has 0 bridgehead atoms. The maximum absolute atomic E-state index is 13.1. The Morgan fingerprint density at radius 3 is 2.63 bits per heavy atom. The number of piperazine rings is 1. The number of fused-ring (bicyclic) bond motifs is 2. The number of amides is 1. The summed E-state index contributed by atoms with van der Waals surface area (Å²) in [4.78, 5) is 21.9. The Kier molecular flexibility index (Phi) is 5.04. The number of hydrogen-bond acceptors (Lipinski definition) is 5. The fraction of sp³-hybridized carbons (Fsp3) is 0.391. The molecule has 7 nitrogen and oxygen atoms in total. The largest absolute Gasteiger partial charge is 0.486 e. The highest BCUT2D eigenvalue weighted by Gasteiger charge is 2.26. The van der Waals surface area contributed by atoms with Crippen molar-refractivity contribution < 1.29 is 14.3 Å². The number of benzene rings is 2. The van der Waals surface area contributed by atoms with E-state index < -0.39 is 0 Å². The van der Waals surface area contributed by atoms with Crippen LogP contribution in [0.1, 0.15) is 18.5 Å². The molecular weight excluding hydrogens is 380 g/mol. The zero-order valence-electron chi connectivity index (χ0n) is 17.2. The number of nitrogens with zero attached hydrogens (tertiary/aromatic N) is 4. The molecule has 30 heavy (non-hydrogen) atoms. The van der Waals surface area contributed by atoms with Crippen LogP contribution in [0, 0.1) is 0 Å². The number of imidazole rings is 1. The number of ether oxygens (including phenoxy) is 2. The number of para-hydroxylation sites is 2. The van der Waals surface area contributed by atoms with Crippen molar-refractivity contribution in [1.82, 2.24) is 19.4 Å². The first-order valence-electron chi connectivity index (χ1n) is 10.5. The van der Waals surface area contributed by atoms with Gasteiger partial charge >= 0.3 is 0 Å². The van der Waals surface area contributed by atoms with E-state index in [4.69, 9.17) is 9.47 Å². The lowest BCUT2D eigenvalue weighted by Crippen LogP contribution is -2.49. The van der Waals surface area contributed by atoms with Crippen molar-refractivity contribution in [3.05, 3.63) is 54.4 Å². The van der Waals surface area contributed by atoms with Gasteiger partial charge in [-0.2, -0.15) is 0 Å². The van der Waals surface area contributed by atoms with E-state index in [1.54, 1.807) is 6.33 Å². The quantitative estimate of drug-likeness (QED) is 0.667. The van der Waals surface area contributed by atoms with Crippen LogP contribution >= 0.6 is 0 Å². The number of aromatic nitrogens is 2. The summed E-state index contributed by atoms with van der Waals surface area (Å²) in [6, 6.07) is 13.8. The van der Waals surface area contributed by atoms with Crippen LogP contribution in [0.3, 0.4) is 0 Å². The van der Waals surface area contributed by atoms with Crippen molar-refractivity contribution >= 4 is 16.9 Å². The molecule has 5 rings (SSSR count). The summed E-state index contributed by atoms with van der Waals surface area (Å²) < 4.78 is 13.3. The first kappa shape index (κ1) is 18.9. The van der Waals surface area contributed by atoms with Crippen molar-refractivity contribution in [2.75, 3.05) is 39.4 Å². The van der Waals surface area contributed by atoms with Gasteiger partial charge in [0.05, 0.1) is 17.4 Å². The maximum atomic E-state index is 13.1. The molecule has 0 saturated carbocycles. The van der Waals surface area contributed by atoms with Gasteiger partial charge in [0.1, 0.15) is 19.3 Å². The smallest absolute Gasteiger partial charge is 0.245 e. The number of carbonyl (C=O) groups excluding carboxylic acids is 1. The number of carbonyl (C=O) groups is 1. The van der Waals surface area contributed by atoms with E-state index in [1.807, 2.05) is 46.7 Å². The lowest BCUT2D eigenvalue weighted by atomic mass is 10.1. The third kappa shape index (κ3) is 3.61. The highest BCUT2D eigenvalue weighted by Crippen LogP contribution is 2.31. The zero-order valence-corrected chi connectivity index (χ0v) is 17.2. The summed E-state index contributed by atoms with van der Waals surface area (Å²) >= 11 is 0. The molecule has 0 N–H and O–H groups in total. The average Bonchev–Trinajstić information content (AvgIpc) is 3.23. The van der Waals surface area contributed by atoms with Crippen LogP contribution in [0.5, 0.6) is 11.5 Å². The molecule has 1 fully saturated rings. The van der Waals surface area contributed by atoms with E-state index in [2.05, 4.69) is 22.0 Å². The zero-order chi connectivity index (χ0) is 20.5. The third-order valence-electron chi connectivity index (χ3n) is 5.95. The molecule has 3 heterocycles. The molecule has 156 valence electrons. The van der Waals surface area contributed by atoms with E-state index in [0.717, 1.165) is 55.3 Å². The van der Waals surface area contributed by atoms with Crippen molar-refractivity contribution in [3.63, 3.8) is 0 Å². The van der Waals surface area contributed by atoms with Crippen LogP contribution in [-0.4, -0.2) is 64.7 Å². The van der Waals surface area contributed by atoms with Gasteiger partial charge in [0.2, 0.25) is 5.91 Å². The molecule has 2 aliphatic rings. The van der Waals surface area contributed by atoms with Crippen LogP contribution in [0.4, 0.5) is 0 Å². The van der Waals surface area contributed by atoms with Crippen LogP contribution in [0.15, 0.2) is 48.8 Å². The molecule has 0 spiro atoms. The van der Waals surface area contributed by atoms with Crippen molar-refractivity contribution in [1.29, 1.82) is 0 Å². The average molecular weight is 406 g/mol.